The van der Waals surface area contributed by atoms with Crippen LogP contribution in [0.4, 0.5) is 0 Å². The van der Waals surface area contributed by atoms with Crippen molar-refractivity contribution in [3.8, 4) is 0 Å². The zero-order valence-electron chi connectivity index (χ0n) is 8.41. The van der Waals surface area contributed by atoms with Crippen molar-refractivity contribution >= 4 is 29.0 Å². The molecule has 0 spiro atoms. The smallest absolute Gasteiger partial charge is 0.188 e. The first-order valence-corrected chi connectivity index (χ1v) is 5.60. The molecule has 0 atom stereocenters. The van der Waals surface area contributed by atoms with Crippen molar-refractivity contribution in [3.05, 3.63) is 33.8 Å². The lowest BCUT2D eigenvalue weighted by molar-refractivity contribution is -0.123. The minimum Gasteiger partial charge on any atom is -0.376 e. The van der Waals surface area contributed by atoms with Gasteiger partial charge in [-0.15, -0.1) is 0 Å². The number of carbonyl (C=O) groups is 1. The molecule has 0 N–H and O–H groups in total. The van der Waals surface area contributed by atoms with E-state index in [9.17, 15) is 4.79 Å². The molecule has 1 aromatic rings. The van der Waals surface area contributed by atoms with Crippen molar-refractivity contribution < 1.29 is 14.3 Å². The van der Waals surface area contributed by atoms with E-state index in [1.165, 1.54) is 0 Å². The number of halogens is 2. The Bertz CT molecular complexity index is 402. The van der Waals surface area contributed by atoms with Gasteiger partial charge in [0, 0.05) is 5.56 Å². The van der Waals surface area contributed by atoms with Crippen molar-refractivity contribution in [1.82, 2.24) is 0 Å². The van der Waals surface area contributed by atoms with Gasteiger partial charge < -0.3 is 9.47 Å². The summed E-state index contributed by atoms with van der Waals surface area (Å²) < 4.78 is 10.2. The molecule has 0 radical (unpaired) electrons. The van der Waals surface area contributed by atoms with Gasteiger partial charge in [-0.05, 0) is 18.2 Å². The number of Topliss-reactive ketones (excluding diaryl/α,β-unsaturated/α-hetero) is 1. The van der Waals surface area contributed by atoms with Gasteiger partial charge in [-0.3, -0.25) is 4.79 Å². The summed E-state index contributed by atoms with van der Waals surface area (Å²) in [6.07, 6.45) is 0.0479. The van der Waals surface area contributed by atoms with Gasteiger partial charge in [0.05, 0.1) is 23.3 Å². The van der Waals surface area contributed by atoms with Crippen molar-refractivity contribution in [2.24, 2.45) is 0 Å². The Labute approximate surface area is 103 Å². The van der Waals surface area contributed by atoms with Crippen molar-refractivity contribution in [3.63, 3.8) is 0 Å². The highest BCUT2D eigenvalue weighted by atomic mass is 35.5. The lowest BCUT2D eigenvalue weighted by atomic mass is 10.1. The van der Waals surface area contributed by atoms with Gasteiger partial charge in [-0.1, -0.05) is 23.2 Å². The lowest BCUT2D eigenvalue weighted by Crippen LogP contribution is -2.37. The number of carbonyl (C=O) groups excluding carboxylic acids is 1. The van der Waals surface area contributed by atoms with Crippen LogP contribution in [0.5, 0.6) is 0 Å². The van der Waals surface area contributed by atoms with E-state index in [1.54, 1.807) is 18.2 Å². The summed E-state index contributed by atoms with van der Waals surface area (Å²) in [5, 5.41) is 0.811. The van der Waals surface area contributed by atoms with Crippen molar-refractivity contribution in [1.29, 1.82) is 0 Å². The van der Waals surface area contributed by atoms with E-state index in [-0.39, 0.29) is 18.5 Å². The summed E-state index contributed by atoms with van der Waals surface area (Å²) in [7, 11) is 0. The molecule has 1 fully saturated rings. The van der Waals surface area contributed by atoms with Crippen LogP contribution in [0.15, 0.2) is 18.2 Å². The molecule has 1 aliphatic heterocycles. The highest BCUT2D eigenvalue weighted by Gasteiger charge is 2.20. The van der Waals surface area contributed by atoms with E-state index in [0.29, 0.717) is 28.8 Å². The average Bonchev–Trinajstić information content (AvgIpc) is 2.19. The summed E-state index contributed by atoms with van der Waals surface area (Å²) in [6.45, 7) is 1.18. The van der Waals surface area contributed by atoms with E-state index in [4.69, 9.17) is 32.7 Å². The zero-order chi connectivity index (χ0) is 11.5. The van der Waals surface area contributed by atoms with Crippen LogP contribution in [0.3, 0.4) is 0 Å². The molecule has 3 nitrogen and oxygen atoms in total. The first-order chi connectivity index (χ1) is 7.66. The zero-order valence-corrected chi connectivity index (χ0v) is 9.92. The molecule has 2 rings (SSSR count). The quantitative estimate of drug-likeness (QED) is 0.781. The molecule has 86 valence electrons. The minimum atomic E-state index is -0.106. The second-order valence-corrected chi connectivity index (χ2v) is 4.34. The Balaban J connectivity index is 1.94. The van der Waals surface area contributed by atoms with Crippen LogP contribution in [0.1, 0.15) is 10.4 Å². The maximum atomic E-state index is 11.7. The molecule has 0 aliphatic carbocycles. The van der Waals surface area contributed by atoms with Gasteiger partial charge in [-0.2, -0.15) is 0 Å². The summed E-state index contributed by atoms with van der Waals surface area (Å²) in [6, 6.07) is 4.79. The molecule has 16 heavy (non-hydrogen) atoms. The molecule has 0 unspecified atom stereocenters. The molecule has 1 saturated heterocycles. The summed E-state index contributed by atoms with van der Waals surface area (Å²) >= 11 is 11.6. The summed E-state index contributed by atoms with van der Waals surface area (Å²) in [4.78, 5) is 11.7. The molecule has 0 saturated carbocycles. The Hall–Kier alpha value is -0.610. The molecular weight excluding hydrogens is 251 g/mol. The molecule has 1 aliphatic rings. The van der Waals surface area contributed by atoms with Crippen molar-refractivity contribution in [2.75, 3.05) is 19.8 Å². The molecular formula is C11H10Cl2O3. The Morgan fingerprint density at radius 3 is 2.69 bits per heavy atom. The molecule has 1 aromatic carbocycles. The average molecular weight is 261 g/mol. The van der Waals surface area contributed by atoms with Crippen LogP contribution in [0.25, 0.3) is 0 Å². The number of ketones is 1. The Kier molecular flexibility index (Phi) is 3.82. The predicted octanol–water partition coefficient (Wildman–Crippen LogP) is 2.59. The van der Waals surface area contributed by atoms with Gasteiger partial charge in [0.2, 0.25) is 0 Å². The third kappa shape index (κ3) is 2.74. The predicted molar refractivity (Wildman–Crippen MR) is 61.4 cm³/mol. The topological polar surface area (TPSA) is 35.5 Å². The standard InChI is InChI=1S/C11H10Cl2O3/c12-9-2-1-7(3-10(9)13)11(14)6-16-8-4-15-5-8/h1-3,8H,4-6H2. The normalized spacial score (nSPS) is 15.9. The van der Waals surface area contributed by atoms with E-state index >= 15 is 0 Å². The third-order valence-corrected chi connectivity index (χ3v) is 3.04. The van der Waals surface area contributed by atoms with Gasteiger partial charge in [0.1, 0.15) is 12.7 Å². The van der Waals surface area contributed by atoms with Gasteiger partial charge in [0.25, 0.3) is 0 Å². The van der Waals surface area contributed by atoms with E-state index in [1.807, 2.05) is 0 Å². The van der Waals surface area contributed by atoms with Crippen LogP contribution < -0.4 is 0 Å². The molecule has 0 aromatic heterocycles. The van der Waals surface area contributed by atoms with E-state index < -0.39 is 0 Å². The fraction of sp³-hybridized carbons (Fsp3) is 0.364. The second-order valence-electron chi connectivity index (χ2n) is 3.52. The number of benzene rings is 1. The van der Waals surface area contributed by atoms with Crippen LogP contribution in [0, 0.1) is 0 Å². The van der Waals surface area contributed by atoms with Crippen LogP contribution in [-0.2, 0) is 9.47 Å². The number of rotatable bonds is 4. The van der Waals surface area contributed by atoms with Gasteiger partial charge in [0.15, 0.2) is 5.78 Å². The minimum absolute atomic E-state index is 0.0476. The summed E-state index contributed by atoms with van der Waals surface area (Å²) in [5.41, 5.74) is 0.509. The van der Waals surface area contributed by atoms with E-state index in [0.717, 1.165) is 0 Å². The SMILES string of the molecule is O=C(COC1COC1)c1ccc(Cl)c(Cl)c1. The first kappa shape index (κ1) is 11.9. The highest BCUT2D eigenvalue weighted by molar-refractivity contribution is 6.42. The fourth-order valence-corrected chi connectivity index (χ4v) is 1.55. The molecule has 5 heteroatoms. The molecule has 0 amide bonds. The maximum absolute atomic E-state index is 11.7. The van der Waals surface area contributed by atoms with Crippen LogP contribution in [0.2, 0.25) is 10.0 Å². The van der Waals surface area contributed by atoms with Crippen LogP contribution >= 0.6 is 23.2 Å². The first-order valence-electron chi connectivity index (χ1n) is 4.84. The fourth-order valence-electron chi connectivity index (χ4n) is 1.26. The van der Waals surface area contributed by atoms with Crippen molar-refractivity contribution in [2.45, 2.75) is 6.10 Å². The highest BCUT2D eigenvalue weighted by Crippen LogP contribution is 2.22. The number of hydrogen-bond donors (Lipinski definition) is 0. The maximum Gasteiger partial charge on any atom is 0.188 e. The monoisotopic (exact) mass is 260 g/mol. The van der Waals surface area contributed by atoms with Gasteiger partial charge >= 0.3 is 0 Å². The number of hydrogen-bond acceptors (Lipinski definition) is 3. The molecule has 1 heterocycles. The largest absolute Gasteiger partial charge is 0.376 e. The van der Waals surface area contributed by atoms with E-state index in [2.05, 4.69) is 0 Å². The second kappa shape index (κ2) is 5.15. The lowest BCUT2D eigenvalue weighted by Gasteiger charge is -2.25. The summed E-state index contributed by atoms with van der Waals surface area (Å²) in [5.74, 6) is -0.106. The number of ether oxygens (including phenoxy) is 2. The Morgan fingerprint density at radius 1 is 1.38 bits per heavy atom. The Morgan fingerprint density at radius 2 is 2.12 bits per heavy atom. The third-order valence-electron chi connectivity index (χ3n) is 2.30. The van der Waals surface area contributed by atoms with Crippen LogP contribution in [-0.4, -0.2) is 31.7 Å². The van der Waals surface area contributed by atoms with Gasteiger partial charge in [-0.25, -0.2) is 0 Å². The molecule has 0 bridgehead atoms.